The van der Waals surface area contributed by atoms with E-state index in [1.54, 1.807) is 41.5 Å². The monoisotopic (exact) mass is 1040 g/mol. The Kier molecular flexibility index (Phi) is 24.3. The van der Waals surface area contributed by atoms with Crippen molar-refractivity contribution in [2.24, 2.45) is 0 Å². The van der Waals surface area contributed by atoms with E-state index in [9.17, 15) is 55.7 Å². The normalized spacial score (nSPS) is 14.0. The highest BCUT2D eigenvalue weighted by atomic mass is 35.5. The predicted molar refractivity (Wildman–Crippen MR) is 245 cm³/mol. The number of halogens is 10. The van der Waals surface area contributed by atoms with Crippen LogP contribution in [0.15, 0.2) is 49.1 Å². The average Bonchev–Trinajstić information content (AvgIpc) is 3.13. The van der Waals surface area contributed by atoms with Crippen LogP contribution >= 0.6 is 73.4 Å². The van der Waals surface area contributed by atoms with Gasteiger partial charge in [-0.15, -0.1) is 6.58 Å². The van der Waals surface area contributed by atoms with E-state index in [4.69, 9.17) is 55.9 Å². The van der Waals surface area contributed by atoms with Crippen molar-refractivity contribution in [2.45, 2.75) is 95.1 Å². The molecule has 0 saturated heterocycles. The van der Waals surface area contributed by atoms with E-state index in [1.807, 2.05) is 0 Å². The highest BCUT2D eigenvalue weighted by Gasteiger charge is 2.49. The molecule has 0 heterocycles. The lowest BCUT2D eigenvalue weighted by Crippen LogP contribution is -2.57. The van der Waals surface area contributed by atoms with E-state index in [2.05, 4.69) is 6.58 Å². The third kappa shape index (κ3) is 17.7. The molecular formula is C40H56Cl4F6N4O8S2. The molecule has 2 aromatic carbocycles. The Labute approximate surface area is 403 Å². The lowest BCUT2D eigenvalue weighted by atomic mass is 9.82. The molecule has 4 amide bonds. The molecule has 64 heavy (non-hydrogen) atoms. The fourth-order valence-corrected chi connectivity index (χ4v) is 6.65. The van der Waals surface area contributed by atoms with Gasteiger partial charge in [0, 0.05) is 47.7 Å². The molecule has 0 aliphatic heterocycles. The van der Waals surface area contributed by atoms with Crippen molar-refractivity contribution in [1.82, 2.24) is 19.6 Å². The summed E-state index contributed by atoms with van der Waals surface area (Å²) in [7, 11) is 4.56. The largest absolute Gasteiger partial charge is 0.471 e. The zero-order valence-corrected chi connectivity index (χ0v) is 41.8. The number of nitrogens with zero attached hydrogens (tertiary/aromatic N) is 4. The Balaban J connectivity index is 0. The highest BCUT2D eigenvalue weighted by molar-refractivity contribution is 7.59. The van der Waals surface area contributed by atoms with Gasteiger partial charge < -0.3 is 29.5 Å². The summed E-state index contributed by atoms with van der Waals surface area (Å²) in [4.78, 5) is 52.5. The maximum Gasteiger partial charge on any atom is 0.471 e. The van der Waals surface area contributed by atoms with Crippen LogP contribution in [0.25, 0.3) is 0 Å². The number of carbonyl (C=O) groups is 4. The summed E-state index contributed by atoms with van der Waals surface area (Å²) >= 11 is 24.2. The van der Waals surface area contributed by atoms with Crippen molar-refractivity contribution in [3.05, 3.63) is 80.3 Å². The van der Waals surface area contributed by atoms with Crippen LogP contribution in [0.1, 0.15) is 65.5 Å². The number of aliphatic hydroxyl groups excluding tert-OH is 2. The third-order valence-corrected chi connectivity index (χ3v) is 10.5. The second-order valence-electron chi connectivity index (χ2n) is 16.3. The van der Waals surface area contributed by atoms with Gasteiger partial charge >= 0.3 is 36.4 Å². The fraction of sp³-hybridized carbons (Fsp3) is 0.550. The molecule has 0 saturated carbocycles. The van der Waals surface area contributed by atoms with Crippen molar-refractivity contribution in [2.75, 3.05) is 47.9 Å². The van der Waals surface area contributed by atoms with Crippen LogP contribution in [-0.4, -0.2) is 131 Å². The zero-order valence-electron chi connectivity index (χ0n) is 36.8. The third-order valence-electron chi connectivity index (χ3n) is 8.97. The number of aliphatic hydroxyl groups is 2. The second kappa shape index (κ2) is 24.7. The molecule has 24 heteroatoms. The van der Waals surface area contributed by atoms with Gasteiger partial charge in [-0.2, -0.15) is 53.3 Å². The molecule has 2 aromatic rings. The molecule has 0 aliphatic rings. The van der Waals surface area contributed by atoms with Gasteiger partial charge in [-0.25, -0.2) is 9.59 Å². The molecule has 12 nitrogen and oxygen atoms in total. The van der Waals surface area contributed by atoms with Gasteiger partial charge in [0.1, 0.15) is 11.2 Å². The van der Waals surface area contributed by atoms with E-state index >= 15 is 0 Å². The molecule has 2 N–H and O–H groups in total. The van der Waals surface area contributed by atoms with Crippen LogP contribution < -0.4 is 0 Å². The average molecular weight is 1040 g/mol. The standard InChI is InChI=1S/C20H27Cl2F3N2O5.C20H25Cl2F3N2O3.2H2S/c1-18(2,3)32-17(31)27(5)19(9-13(29)10-28,11-26(4)16(30)20(23,24)25)12-6-7-14(21)15(22)8-12;1-7-10-19(12-26(5)16(28)20(23,24)25,13-8-9-14(21)15(22)11-13)27(6)17(29)30-18(2,3)4;;/h6-8,13,28-29H,9-11H2,1-5H3;7-9,11H,1,10,12H2,2-6H3;2*1H2/t13?,19-;19-;;/m11../s1. The minimum Gasteiger partial charge on any atom is -0.444 e. The van der Waals surface area contributed by atoms with Gasteiger partial charge in [0.15, 0.2) is 0 Å². The van der Waals surface area contributed by atoms with Gasteiger partial charge in [0.05, 0.1) is 43.9 Å². The Morgan fingerprint density at radius 2 is 0.984 bits per heavy atom. The molecule has 0 aromatic heterocycles. The number of rotatable bonds is 13. The molecule has 0 bridgehead atoms. The SMILES string of the molecule is C=CC[C@@](CN(C)C(=O)C(F)(F)F)(c1ccc(Cl)c(Cl)c1)N(C)C(=O)OC(C)(C)C.CN(C[C@](CC(O)CO)(c1ccc(Cl)c(Cl)c1)N(C)C(=O)OC(C)(C)C)C(=O)C(F)(F)F.S.S. The number of likely N-dealkylation sites (N-methyl/N-ethyl adjacent to an activating group) is 4. The van der Waals surface area contributed by atoms with Gasteiger partial charge in [0.2, 0.25) is 0 Å². The summed E-state index contributed by atoms with van der Waals surface area (Å²) in [5.74, 6) is -4.20. The van der Waals surface area contributed by atoms with Gasteiger partial charge in [0.25, 0.3) is 0 Å². The molecule has 3 atom stereocenters. The summed E-state index contributed by atoms with van der Waals surface area (Å²) in [5, 5.41) is 20.2. The summed E-state index contributed by atoms with van der Waals surface area (Å²) in [6.07, 6.45) is -12.4. The van der Waals surface area contributed by atoms with Crippen LogP contribution in [0, 0.1) is 0 Å². The Morgan fingerprint density at radius 3 is 1.28 bits per heavy atom. The first kappa shape index (κ1) is 63.1. The van der Waals surface area contributed by atoms with Crippen LogP contribution in [0.4, 0.5) is 35.9 Å². The molecule has 366 valence electrons. The molecule has 0 radical (unpaired) electrons. The first-order valence-corrected chi connectivity index (χ1v) is 19.9. The number of hydrogen-bond donors (Lipinski definition) is 2. The van der Waals surface area contributed by atoms with Crippen molar-refractivity contribution < 1.29 is 65.2 Å². The van der Waals surface area contributed by atoms with Crippen molar-refractivity contribution in [3.63, 3.8) is 0 Å². The Bertz CT molecular complexity index is 1920. The number of alkyl halides is 6. The summed E-state index contributed by atoms with van der Waals surface area (Å²) in [5.41, 5.74) is -4.47. The molecule has 1 unspecified atom stereocenters. The zero-order chi connectivity index (χ0) is 48.6. The van der Waals surface area contributed by atoms with Crippen LogP contribution in [0.3, 0.4) is 0 Å². The lowest BCUT2D eigenvalue weighted by Gasteiger charge is -2.45. The van der Waals surface area contributed by atoms with Crippen molar-refractivity contribution in [1.29, 1.82) is 0 Å². The molecular weight excluding hydrogens is 984 g/mol. The number of ether oxygens (including phenoxy) is 2. The minimum absolute atomic E-state index is 0. The van der Waals surface area contributed by atoms with Gasteiger partial charge in [-0.3, -0.25) is 19.4 Å². The van der Waals surface area contributed by atoms with Crippen molar-refractivity contribution in [3.8, 4) is 0 Å². The van der Waals surface area contributed by atoms with Crippen LogP contribution in [0.2, 0.25) is 20.1 Å². The summed E-state index contributed by atoms with van der Waals surface area (Å²) in [6.45, 7) is 11.5. The van der Waals surface area contributed by atoms with E-state index in [-0.39, 0.29) is 59.1 Å². The van der Waals surface area contributed by atoms with E-state index in [1.165, 1.54) is 56.6 Å². The summed E-state index contributed by atoms with van der Waals surface area (Å²) in [6, 6.07) is 8.54. The van der Waals surface area contributed by atoms with E-state index in [0.717, 1.165) is 23.9 Å². The maximum absolute atomic E-state index is 13.1. The number of hydrogen-bond acceptors (Lipinski definition) is 8. The molecule has 0 fully saturated rings. The number of carbonyl (C=O) groups excluding carboxylic acids is 4. The smallest absolute Gasteiger partial charge is 0.444 e. The maximum atomic E-state index is 13.1. The summed E-state index contributed by atoms with van der Waals surface area (Å²) < 4.78 is 89.0. The van der Waals surface area contributed by atoms with E-state index < -0.39 is 90.9 Å². The second-order valence-corrected chi connectivity index (χ2v) is 17.9. The minimum atomic E-state index is -5.17. The number of benzene rings is 2. The number of amides is 4. The van der Waals surface area contributed by atoms with Gasteiger partial charge in [-0.05, 0) is 83.4 Å². The Hall–Kier alpha value is -2.98. The lowest BCUT2D eigenvalue weighted by molar-refractivity contribution is -0.186. The predicted octanol–water partition coefficient (Wildman–Crippen LogP) is 9.70. The van der Waals surface area contributed by atoms with Crippen LogP contribution in [-0.2, 0) is 30.1 Å². The first-order valence-electron chi connectivity index (χ1n) is 18.4. The highest BCUT2D eigenvalue weighted by Crippen LogP contribution is 2.40. The molecule has 0 spiro atoms. The van der Waals surface area contributed by atoms with Gasteiger partial charge in [-0.1, -0.05) is 64.6 Å². The Morgan fingerprint density at radius 1 is 0.656 bits per heavy atom. The van der Waals surface area contributed by atoms with E-state index in [0.29, 0.717) is 15.4 Å². The fourth-order valence-electron chi connectivity index (χ4n) is 6.06. The quantitative estimate of drug-likeness (QED) is 0.149. The molecule has 0 aliphatic carbocycles. The molecule has 2 rings (SSSR count). The van der Waals surface area contributed by atoms with Crippen LogP contribution in [0.5, 0.6) is 0 Å². The first-order chi connectivity index (χ1) is 28.0. The van der Waals surface area contributed by atoms with Crippen molar-refractivity contribution >= 4 is 97.4 Å². The topological polar surface area (TPSA) is 140 Å².